The van der Waals surface area contributed by atoms with Crippen molar-refractivity contribution in [3.05, 3.63) is 0 Å². The Labute approximate surface area is 62.5 Å². The van der Waals surface area contributed by atoms with Gasteiger partial charge in [-0.15, -0.1) is 0 Å². The van der Waals surface area contributed by atoms with Gasteiger partial charge in [0.05, 0.1) is 0 Å². The highest BCUT2D eigenvalue weighted by molar-refractivity contribution is 7.38. The van der Waals surface area contributed by atoms with E-state index in [4.69, 9.17) is 10.6 Å². The first-order valence-corrected chi connectivity index (χ1v) is 5.18. The van der Waals surface area contributed by atoms with Crippen LogP contribution in [0.25, 0.3) is 0 Å². The molecule has 0 fully saturated rings. The average molecular weight is 165 g/mol. The zero-order valence-electron chi connectivity index (χ0n) is 6.34. The van der Waals surface area contributed by atoms with Gasteiger partial charge in [-0.2, -0.15) is 0 Å². The zero-order valence-corrected chi connectivity index (χ0v) is 7.34. The van der Waals surface area contributed by atoms with Crippen molar-refractivity contribution in [3.8, 4) is 0 Å². The van der Waals surface area contributed by atoms with E-state index in [1.807, 2.05) is 6.92 Å². The fourth-order valence-electron chi connectivity index (χ4n) is 0.933. The number of hydrogen-bond acceptors (Lipinski definition) is 2. The third-order valence-electron chi connectivity index (χ3n) is 1.62. The smallest absolute Gasteiger partial charge is 0.189 e. The Balaban J connectivity index is 3.49. The Morgan fingerprint density at radius 3 is 2.60 bits per heavy atom. The van der Waals surface area contributed by atoms with Crippen molar-refractivity contribution in [2.24, 2.45) is 11.7 Å². The Kier molecular flexibility index (Phi) is 5.99. The maximum atomic E-state index is 10.4. The Morgan fingerprint density at radius 1 is 1.70 bits per heavy atom. The predicted molar refractivity (Wildman–Crippen MR) is 43.5 cm³/mol. The molecule has 0 aromatic rings. The highest BCUT2D eigenvalue weighted by Gasteiger charge is 2.06. The molecule has 0 radical (unpaired) electrons. The lowest BCUT2D eigenvalue weighted by Gasteiger charge is -2.09. The molecule has 4 heteroatoms. The molecule has 0 rings (SSSR count). The van der Waals surface area contributed by atoms with E-state index in [1.165, 1.54) is 0 Å². The molecule has 0 saturated carbocycles. The van der Waals surface area contributed by atoms with Gasteiger partial charge in [-0.1, -0.05) is 13.3 Å². The molecule has 2 atom stereocenters. The zero-order chi connectivity index (χ0) is 7.98. The highest BCUT2D eigenvalue weighted by Crippen LogP contribution is 2.21. The standard InChI is InChI=1S/C6H16NO2P/c1-2-6(3-4-7)5-10(8)9/h6,10H,2-5,7H2,1H3,(H,8,9). The van der Waals surface area contributed by atoms with Gasteiger partial charge in [0.25, 0.3) is 0 Å². The van der Waals surface area contributed by atoms with E-state index in [2.05, 4.69) is 0 Å². The summed E-state index contributed by atoms with van der Waals surface area (Å²) < 4.78 is 10.4. The molecule has 0 aliphatic carbocycles. The minimum atomic E-state index is -2.27. The largest absolute Gasteiger partial charge is 0.346 e. The second kappa shape index (κ2) is 5.90. The van der Waals surface area contributed by atoms with Gasteiger partial charge >= 0.3 is 0 Å². The van der Waals surface area contributed by atoms with Crippen LogP contribution in [0.4, 0.5) is 0 Å². The first-order chi connectivity index (χ1) is 4.70. The lowest BCUT2D eigenvalue weighted by molar-refractivity contribution is 0.467. The summed E-state index contributed by atoms with van der Waals surface area (Å²) >= 11 is 0. The van der Waals surface area contributed by atoms with Gasteiger partial charge in [0.1, 0.15) is 0 Å². The minimum Gasteiger partial charge on any atom is -0.346 e. The molecule has 0 spiro atoms. The molecule has 0 aliphatic rings. The van der Waals surface area contributed by atoms with Gasteiger partial charge in [-0.05, 0) is 18.9 Å². The molecule has 2 unspecified atom stereocenters. The second-order valence-electron chi connectivity index (χ2n) is 2.45. The summed E-state index contributed by atoms with van der Waals surface area (Å²) in [5.74, 6) is 0.349. The molecule has 10 heavy (non-hydrogen) atoms. The molecule has 0 bridgehead atoms. The fraction of sp³-hybridized carbons (Fsp3) is 1.00. The van der Waals surface area contributed by atoms with Crippen LogP contribution in [0.15, 0.2) is 0 Å². The van der Waals surface area contributed by atoms with Crippen LogP contribution in [0.1, 0.15) is 19.8 Å². The van der Waals surface area contributed by atoms with Crippen molar-refractivity contribution in [2.75, 3.05) is 12.7 Å². The van der Waals surface area contributed by atoms with E-state index in [9.17, 15) is 4.57 Å². The van der Waals surface area contributed by atoms with E-state index in [0.29, 0.717) is 18.6 Å². The van der Waals surface area contributed by atoms with Gasteiger partial charge in [0, 0.05) is 6.16 Å². The first kappa shape index (κ1) is 10.2. The quantitative estimate of drug-likeness (QED) is 0.593. The van der Waals surface area contributed by atoms with E-state index in [0.717, 1.165) is 12.8 Å². The van der Waals surface area contributed by atoms with Crippen LogP contribution in [0, 0.1) is 5.92 Å². The molecule has 62 valence electrons. The molecule has 0 amide bonds. The molecular weight excluding hydrogens is 149 g/mol. The van der Waals surface area contributed by atoms with Crippen LogP contribution >= 0.6 is 8.03 Å². The highest BCUT2D eigenvalue weighted by atomic mass is 31.1. The third kappa shape index (κ3) is 4.98. The van der Waals surface area contributed by atoms with Crippen molar-refractivity contribution < 1.29 is 9.46 Å². The number of nitrogens with two attached hydrogens (primary N) is 1. The van der Waals surface area contributed by atoms with Gasteiger partial charge in [-0.25, -0.2) is 0 Å². The molecule has 0 aromatic heterocycles. The molecule has 3 N–H and O–H groups in total. The Morgan fingerprint density at radius 2 is 2.30 bits per heavy atom. The molecule has 3 nitrogen and oxygen atoms in total. The van der Waals surface area contributed by atoms with Crippen molar-refractivity contribution in [3.63, 3.8) is 0 Å². The minimum absolute atomic E-state index is 0.349. The van der Waals surface area contributed by atoms with Gasteiger partial charge in [0.2, 0.25) is 0 Å². The summed E-state index contributed by atoms with van der Waals surface area (Å²) in [5.41, 5.74) is 5.31. The fourth-order valence-corrected chi connectivity index (χ4v) is 1.92. The lowest BCUT2D eigenvalue weighted by Crippen LogP contribution is -2.09. The number of hydrogen-bond donors (Lipinski definition) is 2. The van der Waals surface area contributed by atoms with E-state index in [1.54, 1.807) is 0 Å². The molecule has 0 aromatic carbocycles. The summed E-state index contributed by atoms with van der Waals surface area (Å²) in [4.78, 5) is 8.59. The summed E-state index contributed by atoms with van der Waals surface area (Å²) in [6.45, 7) is 2.64. The van der Waals surface area contributed by atoms with Crippen LogP contribution in [0.3, 0.4) is 0 Å². The first-order valence-electron chi connectivity index (χ1n) is 3.62. The topological polar surface area (TPSA) is 63.3 Å². The molecular formula is C6H16NO2P. The Hall–Kier alpha value is 0.150. The SMILES string of the molecule is CCC(CCN)C[PH](=O)O. The summed E-state index contributed by atoms with van der Waals surface area (Å²) in [7, 11) is -2.27. The van der Waals surface area contributed by atoms with Crippen LogP contribution in [0.2, 0.25) is 0 Å². The summed E-state index contributed by atoms with van der Waals surface area (Å²) in [5, 5.41) is 0. The summed E-state index contributed by atoms with van der Waals surface area (Å²) in [6, 6.07) is 0. The monoisotopic (exact) mass is 165 g/mol. The van der Waals surface area contributed by atoms with Gasteiger partial charge in [0.15, 0.2) is 8.03 Å². The average Bonchev–Trinajstić information content (AvgIpc) is 1.86. The van der Waals surface area contributed by atoms with Crippen molar-refractivity contribution >= 4 is 8.03 Å². The number of rotatable bonds is 5. The van der Waals surface area contributed by atoms with Crippen molar-refractivity contribution in [1.29, 1.82) is 0 Å². The van der Waals surface area contributed by atoms with Gasteiger partial charge < -0.3 is 10.6 Å². The Bertz CT molecular complexity index is 108. The lowest BCUT2D eigenvalue weighted by atomic mass is 10.1. The molecule has 0 heterocycles. The van der Waals surface area contributed by atoms with Crippen LogP contribution in [0.5, 0.6) is 0 Å². The normalized spacial score (nSPS) is 16.7. The third-order valence-corrected chi connectivity index (χ3v) is 2.54. The second-order valence-corrected chi connectivity index (χ2v) is 3.65. The molecule has 0 saturated heterocycles. The van der Waals surface area contributed by atoms with E-state index in [-0.39, 0.29) is 0 Å². The maximum absolute atomic E-state index is 10.4. The van der Waals surface area contributed by atoms with Gasteiger partial charge in [-0.3, -0.25) is 4.57 Å². The summed E-state index contributed by atoms with van der Waals surface area (Å²) in [6.07, 6.45) is 2.26. The van der Waals surface area contributed by atoms with Crippen molar-refractivity contribution in [2.45, 2.75) is 19.8 Å². The van der Waals surface area contributed by atoms with Crippen molar-refractivity contribution in [1.82, 2.24) is 0 Å². The van der Waals surface area contributed by atoms with Crippen LogP contribution in [-0.2, 0) is 4.57 Å². The van der Waals surface area contributed by atoms with E-state index < -0.39 is 8.03 Å². The maximum Gasteiger partial charge on any atom is 0.189 e. The van der Waals surface area contributed by atoms with Crippen LogP contribution in [-0.4, -0.2) is 17.6 Å². The van der Waals surface area contributed by atoms with E-state index >= 15 is 0 Å². The molecule has 0 aliphatic heterocycles. The predicted octanol–water partition coefficient (Wildman–Crippen LogP) is 0.828. The van der Waals surface area contributed by atoms with Crippen LogP contribution < -0.4 is 5.73 Å².